The summed E-state index contributed by atoms with van der Waals surface area (Å²) in [6, 6.07) is 9.26. The van der Waals surface area contributed by atoms with E-state index in [1.165, 1.54) is 18.4 Å². The number of amides is 2. The van der Waals surface area contributed by atoms with Gasteiger partial charge in [0, 0.05) is 23.7 Å². The Hall–Kier alpha value is -2.94. The van der Waals surface area contributed by atoms with Crippen molar-refractivity contribution >= 4 is 22.7 Å². The molecule has 4 rings (SSSR count). The number of benzene rings is 1. The van der Waals surface area contributed by atoms with Crippen LogP contribution in [0.3, 0.4) is 0 Å². The fourth-order valence-electron chi connectivity index (χ4n) is 3.73. The van der Waals surface area contributed by atoms with Gasteiger partial charge in [-0.2, -0.15) is 5.26 Å². The summed E-state index contributed by atoms with van der Waals surface area (Å²) in [6.45, 7) is 2.50. The van der Waals surface area contributed by atoms with Gasteiger partial charge in [-0.1, -0.05) is 6.92 Å². The summed E-state index contributed by atoms with van der Waals surface area (Å²) in [5, 5.41) is 12.8. The smallest absolute Gasteiger partial charge is 0.251 e. The first-order chi connectivity index (χ1) is 13.0. The molecule has 0 radical (unpaired) electrons. The molecule has 2 fully saturated rings. The van der Waals surface area contributed by atoms with Crippen molar-refractivity contribution in [3.8, 4) is 6.07 Å². The molecule has 0 spiro atoms. The van der Waals surface area contributed by atoms with Crippen LogP contribution in [0.5, 0.6) is 0 Å². The van der Waals surface area contributed by atoms with Gasteiger partial charge in [-0.3, -0.25) is 14.6 Å². The van der Waals surface area contributed by atoms with Crippen molar-refractivity contribution in [2.75, 3.05) is 13.1 Å². The number of nitrogens with one attached hydrogen (secondary N) is 1. The summed E-state index contributed by atoms with van der Waals surface area (Å²) in [5.41, 5.74) is 2.59. The van der Waals surface area contributed by atoms with Crippen LogP contribution in [0.25, 0.3) is 10.9 Å². The molecule has 0 bridgehead atoms. The molecule has 1 aromatic carbocycles. The standard InChI is InChI=1S/C21H22N4O2/c1-13-6-18(9-22)25(12-13)20(26)11-24-21(27)15-4-5-19-16(7-15)8-17(10-23-19)14-2-3-14/h4-5,7-8,10,13-14,18H,2-3,6,11-12H2,1H3,(H,24,27). The highest BCUT2D eigenvalue weighted by Gasteiger charge is 2.32. The quantitative estimate of drug-likeness (QED) is 0.906. The summed E-state index contributed by atoms with van der Waals surface area (Å²) >= 11 is 0. The Kier molecular flexibility index (Phi) is 4.53. The molecule has 6 nitrogen and oxygen atoms in total. The fraction of sp³-hybridized carbons (Fsp3) is 0.429. The average molecular weight is 362 g/mol. The van der Waals surface area contributed by atoms with Gasteiger partial charge in [-0.25, -0.2) is 0 Å². The number of fused-ring (bicyclic) bond motifs is 1. The van der Waals surface area contributed by atoms with Crippen molar-refractivity contribution in [3.05, 3.63) is 41.6 Å². The lowest BCUT2D eigenvalue weighted by molar-refractivity contribution is -0.130. The Balaban J connectivity index is 1.43. The maximum Gasteiger partial charge on any atom is 0.251 e. The molecule has 1 aliphatic heterocycles. The van der Waals surface area contributed by atoms with E-state index in [9.17, 15) is 14.9 Å². The van der Waals surface area contributed by atoms with Gasteiger partial charge in [0.2, 0.25) is 5.91 Å². The maximum atomic E-state index is 12.5. The van der Waals surface area contributed by atoms with Crippen molar-refractivity contribution in [3.63, 3.8) is 0 Å². The second kappa shape index (κ2) is 6.99. The predicted octanol–water partition coefficient (Wildman–Crippen LogP) is 2.60. The van der Waals surface area contributed by atoms with Gasteiger partial charge in [0.25, 0.3) is 5.91 Å². The number of nitriles is 1. The molecule has 2 unspecified atom stereocenters. The number of carbonyl (C=O) groups is 2. The molecule has 1 saturated carbocycles. The normalized spacial score (nSPS) is 21.9. The molecule has 2 aromatic rings. The topological polar surface area (TPSA) is 86.1 Å². The van der Waals surface area contributed by atoms with Crippen LogP contribution in [0.1, 0.15) is 48.0 Å². The number of carbonyl (C=O) groups excluding carboxylic acids is 2. The number of pyridine rings is 1. The molecule has 2 amide bonds. The molecule has 138 valence electrons. The van der Waals surface area contributed by atoms with Crippen LogP contribution < -0.4 is 5.32 Å². The fourth-order valence-corrected chi connectivity index (χ4v) is 3.73. The zero-order chi connectivity index (χ0) is 19.0. The molecular formula is C21H22N4O2. The number of nitrogens with zero attached hydrogens (tertiary/aromatic N) is 3. The molecule has 1 N–H and O–H groups in total. The first-order valence-electron chi connectivity index (χ1n) is 9.42. The van der Waals surface area contributed by atoms with Gasteiger partial charge in [-0.15, -0.1) is 0 Å². The average Bonchev–Trinajstić information content (AvgIpc) is 3.46. The van der Waals surface area contributed by atoms with Crippen LogP contribution in [0, 0.1) is 17.2 Å². The SMILES string of the molecule is CC1CC(C#N)N(C(=O)CNC(=O)c2ccc3ncc(C4CC4)cc3c2)C1. The highest BCUT2D eigenvalue weighted by Crippen LogP contribution is 2.40. The van der Waals surface area contributed by atoms with E-state index in [0.29, 0.717) is 30.4 Å². The van der Waals surface area contributed by atoms with E-state index < -0.39 is 6.04 Å². The summed E-state index contributed by atoms with van der Waals surface area (Å²) in [4.78, 5) is 30.9. The zero-order valence-electron chi connectivity index (χ0n) is 15.3. The minimum atomic E-state index is -0.392. The van der Waals surface area contributed by atoms with Gasteiger partial charge in [0.05, 0.1) is 18.1 Å². The minimum absolute atomic E-state index is 0.0951. The van der Waals surface area contributed by atoms with E-state index in [1.807, 2.05) is 25.3 Å². The van der Waals surface area contributed by atoms with E-state index in [-0.39, 0.29) is 18.4 Å². The van der Waals surface area contributed by atoms with Crippen LogP contribution in [-0.4, -0.2) is 40.8 Å². The van der Waals surface area contributed by atoms with Crippen LogP contribution >= 0.6 is 0 Å². The van der Waals surface area contributed by atoms with E-state index in [1.54, 1.807) is 11.0 Å². The first kappa shape index (κ1) is 17.5. The number of hydrogen-bond donors (Lipinski definition) is 1. The van der Waals surface area contributed by atoms with Crippen LogP contribution in [-0.2, 0) is 4.79 Å². The van der Waals surface area contributed by atoms with Crippen LogP contribution in [0.15, 0.2) is 30.5 Å². The lowest BCUT2D eigenvalue weighted by atomic mass is 10.1. The van der Waals surface area contributed by atoms with E-state index >= 15 is 0 Å². The molecule has 27 heavy (non-hydrogen) atoms. The summed E-state index contributed by atoms with van der Waals surface area (Å²) in [7, 11) is 0. The Morgan fingerprint density at radius 2 is 2.15 bits per heavy atom. The Morgan fingerprint density at radius 3 is 2.89 bits per heavy atom. The highest BCUT2D eigenvalue weighted by molar-refractivity contribution is 5.99. The van der Waals surface area contributed by atoms with Gasteiger partial charge in [-0.05, 0) is 60.9 Å². The minimum Gasteiger partial charge on any atom is -0.343 e. The summed E-state index contributed by atoms with van der Waals surface area (Å²) in [6.07, 6.45) is 5.01. The van der Waals surface area contributed by atoms with E-state index in [0.717, 1.165) is 10.9 Å². The molecule has 1 saturated heterocycles. The molecule has 2 aliphatic rings. The highest BCUT2D eigenvalue weighted by atomic mass is 16.2. The van der Waals surface area contributed by atoms with Gasteiger partial charge in [0.1, 0.15) is 6.04 Å². The monoisotopic (exact) mass is 362 g/mol. The van der Waals surface area contributed by atoms with Gasteiger partial charge in [0.15, 0.2) is 0 Å². The Labute approximate surface area is 158 Å². The maximum absolute atomic E-state index is 12.5. The van der Waals surface area contributed by atoms with Gasteiger partial charge < -0.3 is 10.2 Å². The number of hydrogen-bond acceptors (Lipinski definition) is 4. The lowest BCUT2D eigenvalue weighted by Gasteiger charge is -2.19. The van der Waals surface area contributed by atoms with Crippen molar-refractivity contribution < 1.29 is 9.59 Å². The first-order valence-corrected chi connectivity index (χ1v) is 9.42. The number of aromatic nitrogens is 1. The van der Waals surface area contributed by atoms with Crippen molar-refractivity contribution in [1.82, 2.24) is 15.2 Å². The van der Waals surface area contributed by atoms with Gasteiger partial charge >= 0.3 is 0 Å². The van der Waals surface area contributed by atoms with E-state index in [4.69, 9.17) is 0 Å². The number of likely N-dealkylation sites (tertiary alicyclic amines) is 1. The Morgan fingerprint density at radius 1 is 1.33 bits per heavy atom. The second-order valence-electron chi connectivity index (χ2n) is 7.66. The third kappa shape index (κ3) is 3.63. The summed E-state index contributed by atoms with van der Waals surface area (Å²) in [5.74, 6) is 0.413. The molecule has 2 heterocycles. The predicted molar refractivity (Wildman–Crippen MR) is 101 cm³/mol. The zero-order valence-corrected chi connectivity index (χ0v) is 15.3. The number of rotatable bonds is 4. The molecule has 6 heteroatoms. The third-order valence-electron chi connectivity index (χ3n) is 5.39. The van der Waals surface area contributed by atoms with Crippen molar-refractivity contribution in [2.45, 2.75) is 38.1 Å². The Bertz CT molecular complexity index is 945. The second-order valence-corrected chi connectivity index (χ2v) is 7.66. The van der Waals surface area contributed by atoms with Crippen molar-refractivity contribution in [2.24, 2.45) is 5.92 Å². The third-order valence-corrected chi connectivity index (χ3v) is 5.39. The molecule has 1 aliphatic carbocycles. The molecule has 2 atom stereocenters. The molecular weight excluding hydrogens is 340 g/mol. The van der Waals surface area contributed by atoms with Crippen LogP contribution in [0.2, 0.25) is 0 Å². The lowest BCUT2D eigenvalue weighted by Crippen LogP contribution is -2.42. The largest absolute Gasteiger partial charge is 0.343 e. The summed E-state index contributed by atoms with van der Waals surface area (Å²) < 4.78 is 0. The van der Waals surface area contributed by atoms with E-state index in [2.05, 4.69) is 22.4 Å². The van der Waals surface area contributed by atoms with Crippen molar-refractivity contribution in [1.29, 1.82) is 5.26 Å². The van der Waals surface area contributed by atoms with Crippen LogP contribution in [0.4, 0.5) is 0 Å². The molecule has 1 aromatic heterocycles.